The van der Waals surface area contributed by atoms with Gasteiger partial charge in [-0.05, 0) is 25.1 Å². The lowest BCUT2D eigenvalue weighted by Gasteiger charge is -2.19. The monoisotopic (exact) mass is 315 g/mol. The zero-order valence-electron chi connectivity index (χ0n) is 12.5. The van der Waals surface area contributed by atoms with E-state index < -0.39 is 17.7 Å². The maximum atomic E-state index is 15.8. The fraction of sp³-hybridized carbons (Fsp3) is 0.176. The minimum Gasteiger partial charge on any atom is -0.497 e. The van der Waals surface area contributed by atoms with E-state index in [-0.39, 0.29) is 16.8 Å². The van der Waals surface area contributed by atoms with Crippen LogP contribution in [0.3, 0.4) is 0 Å². The molecule has 1 aliphatic heterocycles. The van der Waals surface area contributed by atoms with Crippen LogP contribution in [0.5, 0.6) is 5.75 Å². The second-order valence-corrected chi connectivity index (χ2v) is 5.33. The highest BCUT2D eigenvalue weighted by Crippen LogP contribution is 2.48. The van der Waals surface area contributed by atoms with Crippen molar-refractivity contribution in [2.24, 2.45) is 0 Å². The lowest BCUT2D eigenvalue weighted by atomic mass is 9.89. The van der Waals surface area contributed by atoms with Crippen LogP contribution >= 0.6 is 0 Å². The molecule has 0 fully saturated rings. The molecule has 0 aromatic heterocycles. The molecule has 1 N–H and O–H groups in total. The average molecular weight is 315 g/mol. The molecule has 0 saturated heterocycles. The van der Waals surface area contributed by atoms with Gasteiger partial charge in [0.1, 0.15) is 5.75 Å². The maximum absolute atomic E-state index is 15.8. The van der Waals surface area contributed by atoms with Crippen molar-refractivity contribution in [3.8, 4) is 5.75 Å². The number of carbonyl (C=O) groups is 2. The third kappa shape index (κ3) is 2.06. The van der Waals surface area contributed by atoms with Crippen LogP contribution in [0.4, 0.5) is 14.9 Å². The fourth-order valence-corrected chi connectivity index (χ4v) is 2.74. The third-order valence-corrected chi connectivity index (χ3v) is 3.95. The first kappa shape index (κ1) is 15.0. The summed E-state index contributed by atoms with van der Waals surface area (Å²) in [5, 5.41) is 9.29. The molecule has 1 heterocycles. The Morgan fingerprint density at radius 2 is 1.87 bits per heavy atom. The van der Waals surface area contributed by atoms with Gasteiger partial charge in [-0.2, -0.15) is 0 Å². The Bertz CT molecular complexity index is 803. The van der Waals surface area contributed by atoms with Crippen LogP contribution in [-0.4, -0.2) is 24.2 Å². The van der Waals surface area contributed by atoms with Gasteiger partial charge >= 0.3 is 6.09 Å². The SMILES string of the molecule is COc1ccc2c(c1)C(F)(c1ccc(C)cc1)C(=O)N2C(=O)O. The van der Waals surface area contributed by atoms with E-state index in [2.05, 4.69) is 0 Å². The third-order valence-electron chi connectivity index (χ3n) is 3.95. The number of benzene rings is 2. The number of imide groups is 1. The number of hydrogen-bond acceptors (Lipinski definition) is 3. The van der Waals surface area contributed by atoms with Crippen molar-refractivity contribution in [1.82, 2.24) is 0 Å². The van der Waals surface area contributed by atoms with Gasteiger partial charge in [-0.15, -0.1) is 0 Å². The summed E-state index contributed by atoms with van der Waals surface area (Å²) in [5.41, 5.74) is -1.59. The number of carboxylic acid groups (broad SMARTS) is 1. The molecule has 0 spiro atoms. The summed E-state index contributed by atoms with van der Waals surface area (Å²) in [6, 6.07) is 10.5. The molecule has 1 atom stereocenters. The predicted octanol–water partition coefficient (Wildman–Crippen LogP) is 3.24. The summed E-state index contributed by atoms with van der Waals surface area (Å²) in [6.45, 7) is 1.84. The number of alkyl halides is 1. The fourth-order valence-electron chi connectivity index (χ4n) is 2.74. The van der Waals surface area contributed by atoms with Crippen molar-refractivity contribution in [3.63, 3.8) is 0 Å². The molecule has 2 amide bonds. The van der Waals surface area contributed by atoms with Crippen LogP contribution in [0, 0.1) is 6.92 Å². The van der Waals surface area contributed by atoms with Gasteiger partial charge in [-0.3, -0.25) is 4.79 Å². The van der Waals surface area contributed by atoms with Crippen molar-refractivity contribution < 1.29 is 23.8 Å². The molecule has 0 saturated carbocycles. The van der Waals surface area contributed by atoms with E-state index in [1.165, 1.54) is 37.4 Å². The molecular formula is C17H14FNO4. The Morgan fingerprint density at radius 3 is 2.43 bits per heavy atom. The van der Waals surface area contributed by atoms with E-state index in [1.54, 1.807) is 12.1 Å². The summed E-state index contributed by atoms with van der Waals surface area (Å²) in [7, 11) is 1.42. The number of fused-ring (bicyclic) bond motifs is 1. The number of hydrogen-bond donors (Lipinski definition) is 1. The molecule has 0 radical (unpaired) electrons. The van der Waals surface area contributed by atoms with Gasteiger partial charge in [-0.1, -0.05) is 29.8 Å². The highest BCUT2D eigenvalue weighted by molar-refractivity contribution is 6.21. The number of amides is 2. The van der Waals surface area contributed by atoms with Crippen molar-refractivity contribution in [3.05, 3.63) is 59.2 Å². The number of rotatable bonds is 2. The first-order chi connectivity index (χ1) is 10.9. The lowest BCUT2D eigenvalue weighted by molar-refractivity contribution is -0.126. The second kappa shape index (κ2) is 5.08. The number of aryl methyl sites for hydroxylation is 1. The van der Waals surface area contributed by atoms with E-state index in [0.29, 0.717) is 10.6 Å². The molecular weight excluding hydrogens is 301 g/mol. The number of halogens is 1. The highest BCUT2D eigenvalue weighted by atomic mass is 19.1. The molecule has 0 bridgehead atoms. The van der Waals surface area contributed by atoms with E-state index in [4.69, 9.17) is 4.74 Å². The zero-order chi connectivity index (χ0) is 16.8. The van der Waals surface area contributed by atoms with E-state index >= 15 is 4.39 Å². The minimum absolute atomic E-state index is 0.00590. The summed E-state index contributed by atoms with van der Waals surface area (Å²) >= 11 is 0. The van der Waals surface area contributed by atoms with Crippen LogP contribution < -0.4 is 9.64 Å². The van der Waals surface area contributed by atoms with Crippen LogP contribution in [0.15, 0.2) is 42.5 Å². The average Bonchev–Trinajstić information content (AvgIpc) is 2.76. The maximum Gasteiger partial charge on any atom is 0.418 e. The number of ether oxygens (including phenoxy) is 1. The van der Waals surface area contributed by atoms with Crippen LogP contribution in [0.25, 0.3) is 0 Å². The number of carbonyl (C=O) groups excluding carboxylic acids is 1. The molecule has 2 aromatic rings. The molecule has 3 rings (SSSR count). The first-order valence-electron chi connectivity index (χ1n) is 6.91. The first-order valence-corrected chi connectivity index (χ1v) is 6.91. The number of nitrogens with zero attached hydrogens (tertiary/aromatic N) is 1. The molecule has 2 aromatic carbocycles. The smallest absolute Gasteiger partial charge is 0.418 e. The van der Waals surface area contributed by atoms with Gasteiger partial charge in [0.05, 0.1) is 12.8 Å². The zero-order valence-corrected chi connectivity index (χ0v) is 12.5. The Balaban J connectivity index is 2.27. The van der Waals surface area contributed by atoms with Crippen molar-refractivity contribution >= 4 is 17.7 Å². The Labute approximate surface area is 131 Å². The number of anilines is 1. The topological polar surface area (TPSA) is 66.8 Å². The van der Waals surface area contributed by atoms with Gasteiger partial charge < -0.3 is 9.84 Å². The van der Waals surface area contributed by atoms with E-state index in [9.17, 15) is 14.7 Å². The quantitative estimate of drug-likeness (QED) is 0.924. The van der Waals surface area contributed by atoms with E-state index in [1.807, 2.05) is 6.92 Å². The Kier molecular flexibility index (Phi) is 3.32. The van der Waals surface area contributed by atoms with Crippen molar-refractivity contribution in [1.29, 1.82) is 0 Å². The lowest BCUT2D eigenvalue weighted by Crippen LogP contribution is -2.40. The second-order valence-electron chi connectivity index (χ2n) is 5.33. The molecule has 5 nitrogen and oxygen atoms in total. The molecule has 118 valence electrons. The van der Waals surface area contributed by atoms with Gasteiger partial charge in [0.25, 0.3) is 5.91 Å². The summed E-state index contributed by atoms with van der Waals surface area (Å²) in [5.74, 6) is -0.796. The molecule has 1 unspecified atom stereocenters. The standard InChI is InChI=1S/C17H14FNO4/c1-10-3-5-11(6-4-10)17(18)13-9-12(23-2)7-8-14(13)19(15(17)20)16(21)22/h3-9H,1-2H3,(H,21,22). The highest BCUT2D eigenvalue weighted by Gasteiger charge is 2.55. The van der Waals surface area contributed by atoms with Crippen molar-refractivity contribution in [2.45, 2.75) is 12.6 Å². The summed E-state index contributed by atoms with van der Waals surface area (Å²) in [6.07, 6.45) is -1.52. The molecule has 1 aliphatic rings. The van der Waals surface area contributed by atoms with Gasteiger partial charge in [0.15, 0.2) is 0 Å². The predicted molar refractivity (Wildman–Crippen MR) is 81.6 cm³/mol. The number of methoxy groups -OCH3 is 1. The summed E-state index contributed by atoms with van der Waals surface area (Å²) in [4.78, 5) is 24.4. The van der Waals surface area contributed by atoms with Gasteiger partial charge in [0.2, 0.25) is 5.67 Å². The van der Waals surface area contributed by atoms with Crippen molar-refractivity contribution in [2.75, 3.05) is 12.0 Å². The van der Waals surface area contributed by atoms with Crippen LogP contribution in [-0.2, 0) is 10.5 Å². The summed E-state index contributed by atoms with van der Waals surface area (Å²) < 4.78 is 20.9. The van der Waals surface area contributed by atoms with Gasteiger partial charge in [-0.25, -0.2) is 14.1 Å². The molecule has 23 heavy (non-hydrogen) atoms. The Morgan fingerprint density at radius 1 is 1.22 bits per heavy atom. The van der Waals surface area contributed by atoms with Crippen LogP contribution in [0.1, 0.15) is 16.7 Å². The van der Waals surface area contributed by atoms with E-state index in [0.717, 1.165) is 5.56 Å². The van der Waals surface area contributed by atoms with Gasteiger partial charge in [0, 0.05) is 11.1 Å². The normalized spacial score (nSPS) is 19.6. The minimum atomic E-state index is -2.56. The van der Waals surface area contributed by atoms with Crippen LogP contribution in [0.2, 0.25) is 0 Å². The largest absolute Gasteiger partial charge is 0.497 e. The Hall–Kier alpha value is -2.89. The molecule has 0 aliphatic carbocycles. The molecule has 6 heteroatoms.